The SMILES string of the molecule is CNCC(=O)c1cc2ccncc2[nH]1. The number of likely N-dealkylation sites (N-methyl/N-ethyl adjacent to an activating group) is 1. The fraction of sp³-hybridized carbons (Fsp3) is 0.200. The molecule has 0 saturated heterocycles. The van der Waals surface area contributed by atoms with Crippen molar-refractivity contribution >= 4 is 16.7 Å². The first kappa shape index (κ1) is 8.90. The van der Waals surface area contributed by atoms with Crippen molar-refractivity contribution in [2.24, 2.45) is 0 Å². The summed E-state index contributed by atoms with van der Waals surface area (Å²) in [6, 6.07) is 3.72. The van der Waals surface area contributed by atoms with E-state index < -0.39 is 0 Å². The van der Waals surface area contributed by atoms with Gasteiger partial charge in [0, 0.05) is 11.6 Å². The maximum Gasteiger partial charge on any atom is 0.192 e. The van der Waals surface area contributed by atoms with Gasteiger partial charge >= 0.3 is 0 Å². The van der Waals surface area contributed by atoms with E-state index >= 15 is 0 Å². The lowest BCUT2D eigenvalue weighted by Crippen LogP contribution is -2.18. The van der Waals surface area contributed by atoms with Crippen molar-refractivity contribution < 1.29 is 4.79 Å². The number of ketones is 1. The van der Waals surface area contributed by atoms with E-state index in [1.807, 2.05) is 12.1 Å². The molecule has 0 aliphatic rings. The first-order valence-electron chi connectivity index (χ1n) is 4.42. The zero-order valence-corrected chi connectivity index (χ0v) is 7.87. The highest BCUT2D eigenvalue weighted by Gasteiger charge is 2.07. The quantitative estimate of drug-likeness (QED) is 0.707. The molecule has 0 radical (unpaired) electrons. The number of H-pyrrole nitrogens is 1. The highest BCUT2D eigenvalue weighted by molar-refractivity contribution is 6.00. The summed E-state index contributed by atoms with van der Waals surface area (Å²) in [6.45, 7) is 0.347. The monoisotopic (exact) mass is 189 g/mol. The topological polar surface area (TPSA) is 57.8 Å². The Labute approximate surface area is 81.3 Å². The maximum atomic E-state index is 11.5. The molecule has 2 aromatic rings. The average Bonchev–Trinajstić information content (AvgIpc) is 2.61. The summed E-state index contributed by atoms with van der Waals surface area (Å²) in [5, 5.41) is 3.84. The average molecular weight is 189 g/mol. The van der Waals surface area contributed by atoms with E-state index in [0.29, 0.717) is 12.2 Å². The van der Waals surface area contributed by atoms with Crippen LogP contribution in [0.25, 0.3) is 10.9 Å². The van der Waals surface area contributed by atoms with Crippen LogP contribution in [-0.4, -0.2) is 29.3 Å². The number of hydrogen-bond donors (Lipinski definition) is 2. The third-order valence-electron chi connectivity index (χ3n) is 2.06. The Morgan fingerprint density at radius 1 is 1.64 bits per heavy atom. The maximum absolute atomic E-state index is 11.5. The van der Waals surface area contributed by atoms with E-state index in [-0.39, 0.29) is 5.78 Å². The van der Waals surface area contributed by atoms with Crippen LogP contribution in [-0.2, 0) is 0 Å². The summed E-state index contributed by atoms with van der Waals surface area (Å²) < 4.78 is 0. The summed E-state index contributed by atoms with van der Waals surface area (Å²) in [4.78, 5) is 18.5. The van der Waals surface area contributed by atoms with Gasteiger partial charge < -0.3 is 10.3 Å². The molecule has 0 fully saturated rings. The van der Waals surface area contributed by atoms with E-state index in [1.54, 1.807) is 19.4 Å². The predicted molar refractivity (Wildman–Crippen MR) is 54.4 cm³/mol. The third kappa shape index (κ3) is 1.52. The third-order valence-corrected chi connectivity index (χ3v) is 2.06. The van der Waals surface area contributed by atoms with Gasteiger partial charge in [0.1, 0.15) is 0 Å². The van der Waals surface area contributed by atoms with Crippen LogP contribution in [0.5, 0.6) is 0 Å². The van der Waals surface area contributed by atoms with Crippen LogP contribution in [0, 0.1) is 0 Å². The van der Waals surface area contributed by atoms with Crippen LogP contribution in [0.3, 0.4) is 0 Å². The summed E-state index contributed by atoms with van der Waals surface area (Å²) in [5.41, 5.74) is 1.52. The molecule has 72 valence electrons. The van der Waals surface area contributed by atoms with Gasteiger partial charge in [-0.15, -0.1) is 0 Å². The molecule has 2 aromatic heterocycles. The Bertz CT molecular complexity index is 428. The smallest absolute Gasteiger partial charge is 0.192 e. The zero-order valence-electron chi connectivity index (χ0n) is 7.87. The number of pyridine rings is 1. The Hall–Kier alpha value is -1.68. The Balaban J connectivity index is 2.40. The zero-order chi connectivity index (χ0) is 9.97. The molecule has 4 nitrogen and oxygen atoms in total. The lowest BCUT2D eigenvalue weighted by Gasteiger charge is -1.94. The van der Waals surface area contributed by atoms with Crippen LogP contribution in [0.15, 0.2) is 24.5 Å². The second kappa shape index (κ2) is 3.59. The fourth-order valence-electron chi connectivity index (χ4n) is 1.38. The molecule has 0 aliphatic heterocycles. The Morgan fingerprint density at radius 3 is 3.21 bits per heavy atom. The van der Waals surface area contributed by atoms with E-state index in [4.69, 9.17) is 0 Å². The number of aromatic nitrogens is 2. The van der Waals surface area contributed by atoms with E-state index in [0.717, 1.165) is 10.9 Å². The summed E-state index contributed by atoms with van der Waals surface area (Å²) in [6.07, 6.45) is 3.42. The lowest BCUT2D eigenvalue weighted by molar-refractivity contribution is 0.0989. The minimum atomic E-state index is 0.0590. The summed E-state index contributed by atoms with van der Waals surface area (Å²) in [5.74, 6) is 0.0590. The molecular weight excluding hydrogens is 178 g/mol. The van der Waals surface area contributed by atoms with Gasteiger partial charge in [-0.3, -0.25) is 9.78 Å². The van der Waals surface area contributed by atoms with Crippen LogP contribution in [0.2, 0.25) is 0 Å². The van der Waals surface area contributed by atoms with Gasteiger partial charge in [0.15, 0.2) is 5.78 Å². The van der Waals surface area contributed by atoms with Crippen LogP contribution in [0.4, 0.5) is 0 Å². The molecule has 0 spiro atoms. The first-order valence-corrected chi connectivity index (χ1v) is 4.42. The van der Waals surface area contributed by atoms with Crippen molar-refractivity contribution in [3.8, 4) is 0 Å². The minimum Gasteiger partial charge on any atom is -0.351 e. The van der Waals surface area contributed by atoms with Crippen molar-refractivity contribution in [3.05, 3.63) is 30.2 Å². The molecule has 0 atom stereocenters. The molecular formula is C10H11N3O. The van der Waals surface area contributed by atoms with Gasteiger partial charge in [0.2, 0.25) is 0 Å². The van der Waals surface area contributed by atoms with Crippen LogP contribution < -0.4 is 5.32 Å². The first-order chi connectivity index (χ1) is 6.81. The second-order valence-corrected chi connectivity index (χ2v) is 3.10. The molecule has 0 unspecified atom stereocenters. The van der Waals surface area contributed by atoms with Gasteiger partial charge in [-0.1, -0.05) is 0 Å². The highest BCUT2D eigenvalue weighted by Crippen LogP contribution is 2.13. The van der Waals surface area contributed by atoms with Crippen molar-refractivity contribution in [1.82, 2.24) is 15.3 Å². The van der Waals surface area contributed by atoms with Gasteiger partial charge in [0.25, 0.3) is 0 Å². The number of fused-ring (bicyclic) bond motifs is 1. The Kier molecular flexibility index (Phi) is 2.28. The van der Waals surface area contributed by atoms with Crippen molar-refractivity contribution in [2.45, 2.75) is 0 Å². The summed E-state index contributed by atoms with van der Waals surface area (Å²) in [7, 11) is 1.75. The normalized spacial score (nSPS) is 10.6. The number of hydrogen-bond acceptors (Lipinski definition) is 3. The molecule has 0 aromatic carbocycles. The van der Waals surface area contributed by atoms with Crippen molar-refractivity contribution in [2.75, 3.05) is 13.6 Å². The van der Waals surface area contributed by atoms with E-state index in [9.17, 15) is 4.79 Å². The van der Waals surface area contributed by atoms with Gasteiger partial charge in [-0.25, -0.2) is 0 Å². The molecule has 2 heterocycles. The fourth-order valence-corrected chi connectivity index (χ4v) is 1.38. The van der Waals surface area contributed by atoms with Crippen molar-refractivity contribution in [1.29, 1.82) is 0 Å². The molecule has 14 heavy (non-hydrogen) atoms. The number of nitrogens with zero attached hydrogens (tertiary/aromatic N) is 1. The van der Waals surface area contributed by atoms with Gasteiger partial charge in [0.05, 0.1) is 24.0 Å². The van der Waals surface area contributed by atoms with Crippen LogP contribution in [0.1, 0.15) is 10.5 Å². The number of Topliss-reactive ketones (excluding diaryl/α,β-unsaturated/α-hetero) is 1. The number of aromatic amines is 1. The largest absolute Gasteiger partial charge is 0.351 e. The molecule has 0 amide bonds. The minimum absolute atomic E-state index is 0.0590. The van der Waals surface area contributed by atoms with E-state index in [1.165, 1.54) is 0 Å². The Morgan fingerprint density at radius 2 is 2.50 bits per heavy atom. The number of carbonyl (C=O) groups excluding carboxylic acids is 1. The predicted octanol–water partition coefficient (Wildman–Crippen LogP) is 0.965. The van der Waals surface area contributed by atoms with E-state index in [2.05, 4.69) is 15.3 Å². The van der Waals surface area contributed by atoms with Crippen molar-refractivity contribution in [3.63, 3.8) is 0 Å². The van der Waals surface area contributed by atoms with Gasteiger partial charge in [-0.2, -0.15) is 0 Å². The summed E-state index contributed by atoms with van der Waals surface area (Å²) >= 11 is 0. The molecule has 2 rings (SSSR count). The van der Waals surface area contributed by atoms with Gasteiger partial charge in [-0.05, 0) is 19.2 Å². The molecule has 0 saturated carbocycles. The molecule has 2 N–H and O–H groups in total. The number of nitrogens with one attached hydrogen (secondary N) is 2. The molecule has 0 bridgehead atoms. The lowest BCUT2D eigenvalue weighted by atomic mass is 10.2. The molecule has 4 heteroatoms. The number of carbonyl (C=O) groups is 1. The number of rotatable bonds is 3. The standard InChI is InChI=1S/C10H11N3O/c1-11-6-10(14)8-4-7-2-3-12-5-9(7)13-8/h2-5,11,13H,6H2,1H3. The molecule has 0 aliphatic carbocycles. The second-order valence-electron chi connectivity index (χ2n) is 3.10. The highest BCUT2D eigenvalue weighted by atomic mass is 16.1. The van der Waals surface area contributed by atoms with Crippen LogP contribution >= 0.6 is 0 Å².